The van der Waals surface area contributed by atoms with Crippen molar-refractivity contribution in [2.45, 2.75) is 39.7 Å². The zero-order valence-corrected chi connectivity index (χ0v) is 11.5. The Morgan fingerprint density at radius 1 is 1.37 bits per heavy atom. The van der Waals surface area contributed by atoms with Crippen LogP contribution in [-0.2, 0) is 15.5 Å². The molecule has 0 fully saturated rings. The van der Waals surface area contributed by atoms with Gasteiger partial charge in [-0.15, -0.1) is 0 Å². The minimum Gasteiger partial charge on any atom is -0.491 e. The van der Waals surface area contributed by atoms with Gasteiger partial charge in [0.05, 0.1) is 12.7 Å². The Kier molecular flexibility index (Phi) is 4.86. The SMILES string of the molecule is CCOC(=O)C(F)(F)c1ccc(OC(C)C)cc1C. The fraction of sp³-hybridized carbons (Fsp3) is 0.500. The third-order valence-electron chi connectivity index (χ3n) is 2.44. The number of alkyl halides is 2. The van der Waals surface area contributed by atoms with E-state index in [0.717, 1.165) is 0 Å². The monoisotopic (exact) mass is 272 g/mol. The summed E-state index contributed by atoms with van der Waals surface area (Å²) in [5, 5.41) is 0. The van der Waals surface area contributed by atoms with Gasteiger partial charge in [0, 0.05) is 5.56 Å². The van der Waals surface area contributed by atoms with Gasteiger partial charge in [0.15, 0.2) is 0 Å². The summed E-state index contributed by atoms with van der Waals surface area (Å²) in [4.78, 5) is 11.3. The number of halogens is 2. The van der Waals surface area contributed by atoms with Crippen LogP contribution in [0, 0.1) is 6.92 Å². The Morgan fingerprint density at radius 2 is 2.00 bits per heavy atom. The summed E-state index contributed by atoms with van der Waals surface area (Å²) in [6.07, 6.45) is -0.0455. The van der Waals surface area contributed by atoms with Crippen LogP contribution in [0.3, 0.4) is 0 Å². The molecule has 1 aromatic rings. The van der Waals surface area contributed by atoms with Crippen LogP contribution in [-0.4, -0.2) is 18.7 Å². The number of aryl methyl sites for hydroxylation is 1. The molecule has 0 spiro atoms. The summed E-state index contributed by atoms with van der Waals surface area (Å²) >= 11 is 0. The van der Waals surface area contributed by atoms with Gasteiger partial charge >= 0.3 is 11.9 Å². The predicted molar refractivity (Wildman–Crippen MR) is 67.5 cm³/mol. The molecule has 0 aliphatic carbocycles. The molecule has 0 unspecified atom stereocenters. The molecular formula is C14H18F2O3. The number of esters is 1. The van der Waals surface area contributed by atoms with E-state index in [-0.39, 0.29) is 23.8 Å². The molecule has 0 radical (unpaired) electrons. The van der Waals surface area contributed by atoms with Gasteiger partial charge in [-0.3, -0.25) is 0 Å². The van der Waals surface area contributed by atoms with E-state index < -0.39 is 11.9 Å². The molecule has 0 saturated heterocycles. The number of rotatable bonds is 5. The van der Waals surface area contributed by atoms with Crippen LogP contribution in [0.1, 0.15) is 31.9 Å². The first-order valence-corrected chi connectivity index (χ1v) is 6.11. The average molecular weight is 272 g/mol. The van der Waals surface area contributed by atoms with Crippen molar-refractivity contribution in [3.63, 3.8) is 0 Å². The smallest absolute Gasteiger partial charge is 0.381 e. The fourth-order valence-corrected chi connectivity index (χ4v) is 1.67. The van der Waals surface area contributed by atoms with Crippen LogP contribution in [0.5, 0.6) is 5.75 Å². The number of ether oxygens (including phenoxy) is 2. The van der Waals surface area contributed by atoms with Crippen LogP contribution in [0.25, 0.3) is 0 Å². The van der Waals surface area contributed by atoms with Gasteiger partial charge in [-0.1, -0.05) is 0 Å². The van der Waals surface area contributed by atoms with Crippen molar-refractivity contribution in [1.82, 2.24) is 0 Å². The molecule has 19 heavy (non-hydrogen) atoms. The van der Waals surface area contributed by atoms with Gasteiger partial charge in [-0.05, 0) is 51.5 Å². The topological polar surface area (TPSA) is 35.5 Å². The highest BCUT2D eigenvalue weighted by atomic mass is 19.3. The quantitative estimate of drug-likeness (QED) is 0.770. The first kappa shape index (κ1) is 15.4. The largest absolute Gasteiger partial charge is 0.491 e. The highest BCUT2D eigenvalue weighted by Crippen LogP contribution is 2.33. The van der Waals surface area contributed by atoms with E-state index in [1.54, 1.807) is 0 Å². The van der Waals surface area contributed by atoms with Crippen LogP contribution in [0.2, 0.25) is 0 Å². The molecule has 0 atom stereocenters. The molecule has 0 heterocycles. The lowest BCUT2D eigenvalue weighted by atomic mass is 10.0. The summed E-state index contributed by atoms with van der Waals surface area (Å²) in [5.74, 6) is -4.68. The van der Waals surface area contributed by atoms with Gasteiger partial charge in [0.1, 0.15) is 5.75 Å². The molecular weight excluding hydrogens is 254 g/mol. The number of carbonyl (C=O) groups is 1. The van der Waals surface area contributed by atoms with E-state index in [2.05, 4.69) is 4.74 Å². The molecule has 3 nitrogen and oxygen atoms in total. The second-order valence-electron chi connectivity index (χ2n) is 4.44. The number of carbonyl (C=O) groups excluding carboxylic acids is 1. The van der Waals surface area contributed by atoms with E-state index in [0.29, 0.717) is 5.75 Å². The third kappa shape index (κ3) is 3.66. The normalized spacial score (nSPS) is 11.5. The second kappa shape index (κ2) is 5.99. The Hall–Kier alpha value is -1.65. The molecule has 0 N–H and O–H groups in total. The summed E-state index contributed by atoms with van der Waals surface area (Å²) in [6.45, 7) is 6.60. The Morgan fingerprint density at radius 3 is 2.47 bits per heavy atom. The maximum absolute atomic E-state index is 13.9. The van der Waals surface area contributed by atoms with Crippen molar-refractivity contribution < 1.29 is 23.0 Å². The number of hydrogen-bond donors (Lipinski definition) is 0. The third-order valence-corrected chi connectivity index (χ3v) is 2.44. The van der Waals surface area contributed by atoms with Gasteiger partial charge < -0.3 is 9.47 Å². The van der Waals surface area contributed by atoms with Crippen LogP contribution >= 0.6 is 0 Å². The van der Waals surface area contributed by atoms with Gasteiger partial charge in [0.25, 0.3) is 0 Å². The molecule has 0 bridgehead atoms. The highest BCUT2D eigenvalue weighted by molar-refractivity contribution is 5.80. The maximum atomic E-state index is 13.9. The molecule has 5 heteroatoms. The maximum Gasteiger partial charge on any atom is 0.381 e. The molecule has 0 saturated carbocycles. The van der Waals surface area contributed by atoms with E-state index in [1.807, 2.05) is 13.8 Å². The molecule has 1 aromatic carbocycles. The van der Waals surface area contributed by atoms with Gasteiger partial charge in [0.2, 0.25) is 0 Å². The van der Waals surface area contributed by atoms with E-state index in [1.165, 1.54) is 32.0 Å². The molecule has 0 amide bonds. The second-order valence-corrected chi connectivity index (χ2v) is 4.44. The van der Waals surface area contributed by atoms with Crippen molar-refractivity contribution in [3.8, 4) is 5.75 Å². The van der Waals surface area contributed by atoms with Crippen LogP contribution < -0.4 is 4.74 Å². The Bertz CT molecular complexity index is 456. The lowest BCUT2D eigenvalue weighted by Gasteiger charge is -2.18. The summed E-state index contributed by atoms with van der Waals surface area (Å²) < 4.78 is 37.6. The van der Waals surface area contributed by atoms with Crippen LogP contribution in [0.4, 0.5) is 8.78 Å². The molecule has 0 aromatic heterocycles. The summed E-state index contributed by atoms with van der Waals surface area (Å²) in [5.41, 5.74) is -0.0711. The fourth-order valence-electron chi connectivity index (χ4n) is 1.67. The molecule has 106 valence electrons. The number of hydrogen-bond acceptors (Lipinski definition) is 3. The van der Waals surface area contributed by atoms with Crippen LogP contribution in [0.15, 0.2) is 18.2 Å². The minimum atomic E-state index is -3.64. The highest BCUT2D eigenvalue weighted by Gasteiger charge is 2.43. The van der Waals surface area contributed by atoms with Crippen molar-refractivity contribution in [2.75, 3.05) is 6.61 Å². The Labute approximate surface area is 111 Å². The predicted octanol–water partition coefficient (Wildman–Crippen LogP) is 3.44. The minimum absolute atomic E-state index is 0.0455. The first-order valence-electron chi connectivity index (χ1n) is 6.11. The number of benzene rings is 1. The van der Waals surface area contributed by atoms with E-state index in [4.69, 9.17) is 4.74 Å². The van der Waals surface area contributed by atoms with Crippen molar-refractivity contribution in [3.05, 3.63) is 29.3 Å². The molecule has 0 aliphatic rings. The lowest BCUT2D eigenvalue weighted by molar-refractivity contribution is -0.173. The van der Waals surface area contributed by atoms with Gasteiger partial charge in [-0.25, -0.2) is 4.79 Å². The average Bonchev–Trinajstić information content (AvgIpc) is 2.28. The van der Waals surface area contributed by atoms with Gasteiger partial charge in [-0.2, -0.15) is 8.78 Å². The summed E-state index contributed by atoms with van der Waals surface area (Å²) in [7, 11) is 0. The van der Waals surface area contributed by atoms with E-state index in [9.17, 15) is 13.6 Å². The summed E-state index contributed by atoms with van der Waals surface area (Å²) in [6, 6.07) is 4.11. The zero-order chi connectivity index (χ0) is 14.6. The standard InChI is InChI=1S/C14H18F2O3/c1-5-18-13(17)14(15,16)12-7-6-11(8-10(12)4)19-9(2)3/h6-9H,5H2,1-4H3. The van der Waals surface area contributed by atoms with Crippen molar-refractivity contribution in [2.24, 2.45) is 0 Å². The first-order chi connectivity index (χ1) is 8.78. The molecule has 1 rings (SSSR count). The van der Waals surface area contributed by atoms with Crippen molar-refractivity contribution in [1.29, 1.82) is 0 Å². The lowest BCUT2D eigenvalue weighted by Crippen LogP contribution is -2.29. The molecule has 0 aliphatic heterocycles. The Balaban J connectivity index is 3.04. The van der Waals surface area contributed by atoms with Crippen molar-refractivity contribution >= 4 is 5.97 Å². The zero-order valence-electron chi connectivity index (χ0n) is 11.5. The van der Waals surface area contributed by atoms with E-state index >= 15 is 0 Å².